The molecule has 0 bridgehead atoms. The number of aromatic nitrogens is 6. The molecule has 0 aliphatic rings. The Morgan fingerprint density at radius 2 is 1.14 bits per heavy atom. The monoisotopic (exact) mass is 891 g/mol. The number of rotatable bonds is 7. The normalized spacial score (nSPS) is 12.7. The first-order valence-corrected chi connectivity index (χ1v) is 22.9. The fourth-order valence-electron chi connectivity index (χ4n) is 10.5. The van der Waals surface area contributed by atoms with Crippen LogP contribution in [-0.4, -0.2) is 23.7 Å². The standard InChI is InChI=1S/C61H40N6O2/c1-38-31-32-46-48-35-41(36-49(50-23-11-12-33-62-50)60(48)69-61(46)63-38)68-40-17-13-16-39(34-40)65-37-64(2)59-47(22-14-30-57(59)65)58-55(66-51-24-7-3-18-42(51)43-19-4-8-25-52(43)66)28-15-29-56(58)67-53-26-9-5-20-44(53)45-21-6-10-27-54(45)67/h3-36H,1-2H3/i2D3. The molecule has 6 heterocycles. The minimum atomic E-state index is -2.62. The van der Waals surface area contributed by atoms with Crippen molar-refractivity contribution in [2.45, 2.75) is 6.92 Å². The van der Waals surface area contributed by atoms with Gasteiger partial charge in [0.05, 0.1) is 66.9 Å². The number of fused-ring (bicyclic) bond motifs is 10. The van der Waals surface area contributed by atoms with Crippen molar-refractivity contribution in [2.75, 3.05) is 0 Å². The lowest BCUT2D eigenvalue weighted by atomic mass is 9.98. The average Bonchev–Trinajstić information content (AvgIpc) is 4.17. The molecular formula is C61H40N6O2. The molecule has 326 valence electrons. The van der Waals surface area contributed by atoms with E-state index >= 15 is 0 Å². The first-order chi connectivity index (χ1) is 35.3. The molecular weight excluding hydrogens is 849 g/mol. The fraction of sp³-hybridized carbons (Fsp3) is 0.0328. The smallest absolute Gasteiger partial charge is 0.244 e. The number of aryl methyl sites for hydroxylation is 2. The third-order valence-electron chi connectivity index (χ3n) is 13.4. The van der Waals surface area contributed by atoms with Crippen LogP contribution in [0.2, 0.25) is 0 Å². The van der Waals surface area contributed by atoms with Crippen LogP contribution >= 0.6 is 0 Å². The number of hydrogen-bond donors (Lipinski definition) is 0. The number of furan rings is 1. The Hall–Kier alpha value is -9.27. The number of imidazole rings is 1. The van der Waals surface area contributed by atoms with Crippen LogP contribution in [0.3, 0.4) is 0 Å². The summed E-state index contributed by atoms with van der Waals surface area (Å²) in [6.07, 6.45) is 5.08. The van der Waals surface area contributed by atoms with Crippen LogP contribution in [0.15, 0.2) is 211 Å². The Bertz CT molecular complexity index is 4270. The lowest BCUT2D eigenvalue weighted by Gasteiger charge is -2.21. The van der Waals surface area contributed by atoms with E-state index in [0.717, 1.165) is 93.8 Å². The Morgan fingerprint density at radius 3 is 1.78 bits per heavy atom. The number of pyridine rings is 2. The van der Waals surface area contributed by atoms with E-state index in [-0.39, 0.29) is 0 Å². The highest BCUT2D eigenvalue weighted by molar-refractivity contribution is 6.13. The van der Waals surface area contributed by atoms with E-state index in [9.17, 15) is 0 Å². The average molecular weight is 892 g/mol. The maximum Gasteiger partial charge on any atom is 0.244 e. The van der Waals surface area contributed by atoms with Crippen molar-refractivity contribution in [2.24, 2.45) is 6.98 Å². The molecule has 0 unspecified atom stereocenters. The topological polar surface area (TPSA) is 66.8 Å². The second kappa shape index (κ2) is 15.1. The van der Waals surface area contributed by atoms with Gasteiger partial charge in [-0.1, -0.05) is 115 Å². The van der Waals surface area contributed by atoms with Gasteiger partial charge in [-0.05, 0) is 97.4 Å². The molecule has 8 aromatic carbocycles. The van der Waals surface area contributed by atoms with Crippen LogP contribution in [0.4, 0.5) is 0 Å². The third kappa shape index (κ3) is 5.98. The molecule has 0 radical (unpaired) electrons. The van der Waals surface area contributed by atoms with Gasteiger partial charge in [-0.2, -0.15) is 0 Å². The summed E-state index contributed by atoms with van der Waals surface area (Å²) in [6, 6.07) is 67.5. The van der Waals surface area contributed by atoms with Crippen LogP contribution in [0.5, 0.6) is 11.5 Å². The van der Waals surface area contributed by atoms with Gasteiger partial charge in [0.15, 0.2) is 0 Å². The number of nitrogens with zero attached hydrogens (tertiary/aromatic N) is 6. The first kappa shape index (κ1) is 35.9. The molecule has 6 aromatic heterocycles. The van der Waals surface area contributed by atoms with Gasteiger partial charge in [-0.15, -0.1) is 0 Å². The minimum Gasteiger partial charge on any atom is -0.458 e. The number of benzene rings is 8. The van der Waals surface area contributed by atoms with Crippen LogP contribution in [0, 0.1) is 13.3 Å². The predicted octanol–water partition coefficient (Wildman–Crippen LogP) is 14.6. The van der Waals surface area contributed by atoms with Gasteiger partial charge in [0.2, 0.25) is 12.0 Å². The summed E-state index contributed by atoms with van der Waals surface area (Å²) in [6.45, 7) is -0.684. The van der Waals surface area contributed by atoms with Gasteiger partial charge in [-0.25, -0.2) is 4.98 Å². The molecule has 8 nitrogen and oxygen atoms in total. The van der Waals surface area contributed by atoms with Gasteiger partial charge in [0.1, 0.15) is 17.1 Å². The van der Waals surface area contributed by atoms with E-state index in [1.54, 1.807) is 6.20 Å². The lowest BCUT2D eigenvalue weighted by molar-refractivity contribution is -0.649. The van der Waals surface area contributed by atoms with Crippen LogP contribution in [0.1, 0.15) is 9.81 Å². The Kier molecular flexibility index (Phi) is 7.88. The van der Waals surface area contributed by atoms with E-state index in [4.69, 9.17) is 13.3 Å². The first-order valence-electron chi connectivity index (χ1n) is 24.4. The Balaban J connectivity index is 0.998. The summed E-state index contributed by atoms with van der Waals surface area (Å²) < 4.78 is 48.2. The molecule has 14 rings (SSSR count). The summed E-state index contributed by atoms with van der Waals surface area (Å²) >= 11 is 0. The highest BCUT2D eigenvalue weighted by atomic mass is 16.5. The molecule has 0 aliphatic carbocycles. The zero-order valence-electron chi connectivity index (χ0n) is 40.1. The quantitative estimate of drug-likeness (QED) is 0.118. The summed E-state index contributed by atoms with van der Waals surface area (Å²) in [5, 5.41) is 6.21. The summed E-state index contributed by atoms with van der Waals surface area (Å²) in [4.78, 5) is 9.35. The highest BCUT2D eigenvalue weighted by Gasteiger charge is 2.24. The third-order valence-corrected chi connectivity index (χ3v) is 13.4. The molecule has 69 heavy (non-hydrogen) atoms. The molecule has 0 saturated carbocycles. The maximum atomic E-state index is 9.11. The SMILES string of the molecule is [2H]C([2H])([2H])[n+]1[c-]n(-c2cccc(Oc3cc(-c4ccccn4)c4oc5nc(C)ccc5c4c3)c2)c2cccc(-c3c(-n4c5ccccc5c5ccccc54)cccc3-n3c4ccccc4c4ccccc43)c21. The fourth-order valence-corrected chi connectivity index (χ4v) is 10.5. The molecule has 0 atom stereocenters. The van der Waals surface area contributed by atoms with Crippen molar-refractivity contribution in [1.82, 2.24) is 23.7 Å². The minimum absolute atomic E-state index is 0.500. The summed E-state index contributed by atoms with van der Waals surface area (Å²) in [5.74, 6) is 1.11. The zero-order chi connectivity index (χ0) is 48.2. The van der Waals surface area contributed by atoms with Crippen molar-refractivity contribution < 1.29 is 17.8 Å². The second-order valence-electron chi connectivity index (χ2n) is 17.4. The van der Waals surface area contributed by atoms with Gasteiger partial charge < -0.3 is 27.4 Å². The van der Waals surface area contributed by atoms with Gasteiger partial charge >= 0.3 is 0 Å². The molecule has 0 amide bonds. The number of ether oxygens (including phenoxy) is 1. The predicted molar refractivity (Wildman–Crippen MR) is 277 cm³/mol. The van der Waals surface area contributed by atoms with E-state index < -0.39 is 6.98 Å². The number of para-hydroxylation sites is 5. The molecule has 0 fully saturated rings. The molecule has 0 spiro atoms. The van der Waals surface area contributed by atoms with E-state index in [1.807, 2.05) is 96.4 Å². The molecule has 0 aliphatic heterocycles. The van der Waals surface area contributed by atoms with E-state index in [1.165, 1.54) is 4.57 Å². The van der Waals surface area contributed by atoms with Crippen LogP contribution in [0.25, 0.3) is 116 Å². The van der Waals surface area contributed by atoms with Crippen LogP contribution < -0.4 is 9.30 Å². The molecule has 14 aromatic rings. The summed E-state index contributed by atoms with van der Waals surface area (Å²) in [5.41, 5.74) is 12.9. The van der Waals surface area contributed by atoms with Crippen molar-refractivity contribution in [3.05, 3.63) is 218 Å². The lowest BCUT2D eigenvalue weighted by Crippen LogP contribution is -2.27. The largest absolute Gasteiger partial charge is 0.458 e. The van der Waals surface area contributed by atoms with Crippen molar-refractivity contribution >= 4 is 76.7 Å². The Labute approximate surface area is 400 Å². The summed E-state index contributed by atoms with van der Waals surface area (Å²) in [7, 11) is 0. The Morgan fingerprint density at radius 1 is 0.536 bits per heavy atom. The van der Waals surface area contributed by atoms with Gasteiger partial charge in [-0.3, -0.25) is 4.98 Å². The number of hydrogen-bond acceptors (Lipinski definition) is 4. The maximum absolute atomic E-state index is 9.11. The van der Waals surface area contributed by atoms with Gasteiger partial charge in [0.25, 0.3) is 0 Å². The molecule has 0 saturated heterocycles. The van der Waals surface area contributed by atoms with E-state index in [0.29, 0.717) is 39.5 Å². The molecule has 0 N–H and O–H groups in total. The molecule has 8 heteroatoms. The van der Waals surface area contributed by atoms with Crippen LogP contribution in [-0.2, 0) is 6.98 Å². The zero-order valence-corrected chi connectivity index (χ0v) is 37.1. The van der Waals surface area contributed by atoms with Crippen molar-refractivity contribution in [3.8, 4) is 50.9 Å². The van der Waals surface area contributed by atoms with Gasteiger partial charge in [0, 0.05) is 55.3 Å². The van der Waals surface area contributed by atoms with E-state index in [2.05, 4.69) is 141 Å². The second-order valence-corrected chi connectivity index (χ2v) is 17.4. The highest BCUT2D eigenvalue weighted by Crippen LogP contribution is 2.44. The van der Waals surface area contributed by atoms with Crippen molar-refractivity contribution in [1.29, 1.82) is 0 Å². The van der Waals surface area contributed by atoms with Crippen molar-refractivity contribution in [3.63, 3.8) is 0 Å².